The minimum absolute atomic E-state index is 0.473. The highest BCUT2D eigenvalue weighted by Gasteiger charge is 2.36. The molecule has 0 bridgehead atoms. The lowest BCUT2D eigenvalue weighted by Gasteiger charge is -2.14. The lowest BCUT2D eigenvalue weighted by molar-refractivity contribution is 0.412. The molecule has 0 heterocycles. The molecule has 0 aromatic heterocycles. The van der Waals surface area contributed by atoms with E-state index in [4.69, 9.17) is 0 Å². The Labute approximate surface area is 169 Å². The van der Waals surface area contributed by atoms with Gasteiger partial charge < -0.3 is 5.11 Å². The van der Waals surface area contributed by atoms with E-state index in [0.717, 1.165) is 18.4 Å². The molecule has 2 aliphatic rings. The molecular formula is C26H44O. The third-order valence-corrected chi connectivity index (χ3v) is 7.11. The third kappa shape index (κ3) is 8.28. The van der Waals surface area contributed by atoms with Crippen molar-refractivity contribution in [2.75, 3.05) is 0 Å². The van der Waals surface area contributed by atoms with E-state index < -0.39 is 0 Å². The molecule has 0 aromatic rings. The Morgan fingerprint density at radius 2 is 1.30 bits per heavy atom. The maximum atomic E-state index is 10.4. The van der Waals surface area contributed by atoms with Crippen LogP contribution >= 0.6 is 0 Å². The summed E-state index contributed by atoms with van der Waals surface area (Å²) in [4.78, 5) is 0. The second kappa shape index (κ2) is 10.5. The molecule has 1 heteroatoms. The molecule has 0 aromatic carbocycles. The monoisotopic (exact) mass is 372 g/mol. The second-order valence-electron chi connectivity index (χ2n) is 9.98. The van der Waals surface area contributed by atoms with Crippen molar-refractivity contribution in [3.05, 3.63) is 35.6 Å². The molecule has 1 nitrogen and oxygen atoms in total. The molecule has 2 aliphatic carbocycles. The molecule has 0 aliphatic heterocycles. The lowest BCUT2D eigenvalue weighted by Crippen LogP contribution is -1.97. The summed E-state index contributed by atoms with van der Waals surface area (Å²) in [7, 11) is 0. The van der Waals surface area contributed by atoms with Crippen LogP contribution in [0.15, 0.2) is 35.6 Å². The van der Waals surface area contributed by atoms with Crippen LogP contribution < -0.4 is 0 Å². The van der Waals surface area contributed by atoms with Crippen LogP contribution in [0.4, 0.5) is 0 Å². The summed E-state index contributed by atoms with van der Waals surface area (Å²) in [5.74, 6) is 0.473. The Morgan fingerprint density at radius 1 is 0.815 bits per heavy atom. The highest BCUT2D eigenvalue weighted by Crippen LogP contribution is 2.49. The van der Waals surface area contributed by atoms with Gasteiger partial charge in [0.25, 0.3) is 0 Å². The lowest BCUT2D eigenvalue weighted by atomic mass is 9.93. The fraction of sp³-hybridized carbons (Fsp3) is 0.769. The van der Waals surface area contributed by atoms with Crippen LogP contribution in [-0.4, -0.2) is 5.11 Å². The number of hydrogen-bond donors (Lipinski definition) is 1. The fourth-order valence-electron chi connectivity index (χ4n) is 4.18. The number of aliphatic hydroxyl groups excluding tert-OH is 1. The molecule has 27 heavy (non-hydrogen) atoms. The van der Waals surface area contributed by atoms with Gasteiger partial charge in [0, 0.05) is 0 Å². The van der Waals surface area contributed by atoms with Gasteiger partial charge in [0.15, 0.2) is 0 Å². The summed E-state index contributed by atoms with van der Waals surface area (Å²) >= 11 is 0. The topological polar surface area (TPSA) is 20.2 Å². The van der Waals surface area contributed by atoms with Crippen molar-refractivity contribution in [3.8, 4) is 0 Å². The van der Waals surface area contributed by atoms with Gasteiger partial charge in [-0.2, -0.15) is 0 Å². The van der Waals surface area contributed by atoms with E-state index >= 15 is 0 Å². The van der Waals surface area contributed by atoms with Gasteiger partial charge in [-0.05, 0) is 99.2 Å². The molecular weight excluding hydrogens is 328 g/mol. The van der Waals surface area contributed by atoms with Crippen molar-refractivity contribution in [3.63, 3.8) is 0 Å². The van der Waals surface area contributed by atoms with Crippen LogP contribution in [0.25, 0.3) is 0 Å². The summed E-state index contributed by atoms with van der Waals surface area (Å²) in [6.07, 6.45) is 23.5. The first kappa shape index (κ1) is 22.3. The van der Waals surface area contributed by atoms with Crippen molar-refractivity contribution in [2.45, 2.75) is 117 Å². The fourth-order valence-corrected chi connectivity index (χ4v) is 4.18. The summed E-state index contributed by atoms with van der Waals surface area (Å²) in [5, 5.41) is 10.4. The Balaban J connectivity index is 1.70. The molecule has 1 N–H and O–H groups in total. The highest BCUT2D eigenvalue weighted by molar-refractivity contribution is 5.35. The molecule has 2 saturated carbocycles. The zero-order chi connectivity index (χ0) is 19.8. The van der Waals surface area contributed by atoms with Crippen LogP contribution in [-0.2, 0) is 0 Å². The molecule has 154 valence electrons. The first-order valence-electron chi connectivity index (χ1n) is 11.6. The van der Waals surface area contributed by atoms with E-state index in [-0.39, 0.29) is 0 Å². The summed E-state index contributed by atoms with van der Waals surface area (Å²) < 4.78 is 0. The normalized spacial score (nSPS) is 20.9. The van der Waals surface area contributed by atoms with Crippen LogP contribution in [0, 0.1) is 10.8 Å². The zero-order valence-electron chi connectivity index (χ0n) is 18.4. The average molecular weight is 373 g/mol. The number of rotatable bonds is 15. The number of hydrogen-bond acceptors (Lipinski definition) is 1. The third-order valence-electron chi connectivity index (χ3n) is 7.11. The largest absolute Gasteiger partial charge is 0.508 e. The van der Waals surface area contributed by atoms with E-state index in [1.165, 1.54) is 89.0 Å². The van der Waals surface area contributed by atoms with Gasteiger partial charge >= 0.3 is 0 Å². The molecule has 2 rings (SSSR count). The van der Waals surface area contributed by atoms with E-state index in [1.807, 2.05) is 19.1 Å². The minimum Gasteiger partial charge on any atom is -0.508 e. The van der Waals surface area contributed by atoms with Gasteiger partial charge in [0.2, 0.25) is 0 Å². The van der Waals surface area contributed by atoms with Gasteiger partial charge in [-0.15, -0.1) is 0 Å². The van der Waals surface area contributed by atoms with Crippen molar-refractivity contribution >= 4 is 0 Å². The van der Waals surface area contributed by atoms with E-state index in [2.05, 4.69) is 20.4 Å². The average Bonchev–Trinajstić information content (AvgIpc) is 3.57. The van der Waals surface area contributed by atoms with Gasteiger partial charge in [0.1, 0.15) is 5.76 Å². The predicted octanol–water partition coefficient (Wildman–Crippen LogP) is 8.82. The highest BCUT2D eigenvalue weighted by atomic mass is 16.3. The van der Waals surface area contributed by atoms with E-state index in [0.29, 0.717) is 16.6 Å². The first-order chi connectivity index (χ1) is 12.9. The van der Waals surface area contributed by atoms with Crippen LogP contribution in [0.2, 0.25) is 0 Å². The number of aliphatic hydroxyl groups is 1. The van der Waals surface area contributed by atoms with Crippen LogP contribution in [0.3, 0.4) is 0 Å². The van der Waals surface area contributed by atoms with E-state index in [1.54, 1.807) is 0 Å². The van der Waals surface area contributed by atoms with Crippen molar-refractivity contribution in [1.29, 1.82) is 0 Å². The van der Waals surface area contributed by atoms with E-state index in [9.17, 15) is 5.11 Å². The van der Waals surface area contributed by atoms with Crippen LogP contribution in [0.1, 0.15) is 117 Å². The second-order valence-corrected chi connectivity index (χ2v) is 9.98. The maximum Gasteiger partial charge on any atom is 0.114 e. The zero-order valence-corrected chi connectivity index (χ0v) is 18.4. The molecule has 0 spiro atoms. The first-order valence-corrected chi connectivity index (χ1v) is 11.6. The molecule has 0 unspecified atom stereocenters. The van der Waals surface area contributed by atoms with Gasteiger partial charge in [-0.25, -0.2) is 0 Å². The van der Waals surface area contributed by atoms with Crippen molar-refractivity contribution in [1.82, 2.24) is 0 Å². The number of allylic oxidation sites excluding steroid dienone is 4. The quantitative estimate of drug-likeness (QED) is 0.173. The Hall–Kier alpha value is -0.980. The maximum absolute atomic E-state index is 10.4. The standard InChI is InChI=1S/C26H44O/c1-5-22(14-10-7-8-12-16-25(3)18-19-25)23(24(27)6-2)15-11-9-13-17-26(4)20-21-26/h5-6,27H,1,7-21H2,2-4H3/b23-22+,24-6+. The van der Waals surface area contributed by atoms with Crippen molar-refractivity contribution in [2.24, 2.45) is 10.8 Å². The minimum atomic E-state index is 0.473. The molecule has 2 fully saturated rings. The summed E-state index contributed by atoms with van der Waals surface area (Å²) in [6.45, 7) is 10.8. The Morgan fingerprint density at radius 3 is 1.78 bits per heavy atom. The predicted molar refractivity (Wildman–Crippen MR) is 119 cm³/mol. The molecule has 0 saturated heterocycles. The summed E-state index contributed by atoms with van der Waals surface area (Å²) in [6, 6.07) is 0. The Kier molecular flexibility index (Phi) is 8.70. The molecule has 0 radical (unpaired) electrons. The Bertz CT molecular complexity index is 528. The smallest absolute Gasteiger partial charge is 0.114 e. The van der Waals surface area contributed by atoms with Crippen LogP contribution in [0.5, 0.6) is 0 Å². The van der Waals surface area contributed by atoms with Gasteiger partial charge in [-0.3, -0.25) is 0 Å². The molecule has 0 atom stereocenters. The summed E-state index contributed by atoms with van der Waals surface area (Å²) in [5.41, 5.74) is 3.80. The van der Waals surface area contributed by atoms with Crippen molar-refractivity contribution < 1.29 is 5.11 Å². The van der Waals surface area contributed by atoms with Gasteiger partial charge in [-0.1, -0.05) is 58.6 Å². The molecule has 0 amide bonds. The SMILES string of the molecule is C=C/C(CCCCCCC1(C)CC1)=C(CCCCCC1(C)CC1)\C(O)=C/C. The number of unbranched alkanes of at least 4 members (excludes halogenated alkanes) is 5. The van der Waals surface area contributed by atoms with Gasteiger partial charge in [0.05, 0.1) is 0 Å².